The smallest absolute Gasteiger partial charge is 0.161 e. The fourth-order valence-corrected chi connectivity index (χ4v) is 2.62. The van der Waals surface area contributed by atoms with Gasteiger partial charge in [0, 0.05) is 35.4 Å². The van der Waals surface area contributed by atoms with E-state index in [1.165, 1.54) is 0 Å². The van der Waals surface area contributed by atoms with Gasteiger partial charge in [0.1, 0.15) is 0 Å². The van der Waals surface area contributed by atoms with E-state index >= 15 is 0 Å². The van der Waals surface area contributed by atoms with Crippen LogP contribution in [0.15, 0.2) is 18.2 Å². The number of hydrogen-bond donors (Lipinski definition) is 1. The van der Waals surface area contributed by atoms with Gasteiger partial charge in [-0.15, -0.1) is 0 Å². The largest absolute Gasteiger partial charge is 0.493 e. The fraction of sp³-hybridized carbons (Fsp3) is 0.571. The summed E-state index contributed by atoms with van der Waals surface area (Å²) in [6.07, 6.45) is 1.72. The molecule has 0 saturated heterocycles. The van der Waals surface area contributed by atoms with Crippen LogP contribution in [-0.2, 0) is 17.3 Å². The highest BCUT2D eigenvalue weighted by Crippen LogP contribution is 2.27. The molecule has 5 heteroatoms. The number of hydrogen-bond acceptors (Lipinski definition) is 4. The Labute approximate surface area is 118 Å². The molecule has 0 saturated carbocycles. The van der Waals surface area contributed by atoms with E-state index in [9.17, 15) is 4.21 Å². The summed E-state index contributed by atoms with van der Waals surface area (Å²) in [6.45, 7) is 5.32. The van der Waals surface area contributed by atoms with E-state index in [0.717, 1.165) is 23.6 Å². The Bertz CT molecular complexity index is 423. The monoisotopic (exact) mass is 285 g/mol. The molecule has 0 aliphatic rings. The van der Waals surface area contributed by atoms with Gasteiger partial charge in [-0.25, -0.2) is 0 Å². The molecule has 0 amide bonds. The normalized spacial score (nSPS) is 13.9. The van der Waals surface area contributed by atoms with E-state index in [1.54, 1.807) is 13.4 Å². The molecule has 108 valence electrons. The Morgan fingerprint density at radius 3 is 2.68 bits per heavy atom. The van der Waals surface area contributed by atoms with Gasteiger partial charge < -0.3 is 14.8 Å². The van der Waals surface area contributed by atoms with Gasteiger partial charge in [0.25, 0.3) is 0 Å². The molecule has 2 atom stereocenters. The Kier molecular flexibility index (Phi) is 6.87. The predicted octanol–water partition coefficient (Wildman–Crippen LogP) is 1.95. The first kappa shape index (κ1) is 16.0. The van der Waals surface area contributed by atoms with Crippen LogP contribution in [0, 0.1) is 0 Å². The summed E-state index contributed by atoms with van der Waals surface area (Å²) in [7, 11) is 0.864. The van der Waals surface area contributed by atoms with E-state index in [1.807, 2.05) is 32.0 Å². The molecule has 1 aromatic rings. The zero-order valence-corrected chi connectivity index (χ0v) is 12.9. The van der Waals surface area contributed by atoms with Crippen molar-refractivity contribution in [1.29, 1.82) is 0 Å². The Hall–Kier alpha value is -1.07. The third-order valence-electron chi connectivity index (χ3n) is 2.67. The zero-order chi connectivity index (χ0) is 14.3. The zero-order valence-electron chi connectivity index (χ0n) is 12.1. The topological polar surface area (TPSA) is 47.6 Å². The van der Waals surface area contributed by atoms with Gasteiger partial charge in [-0.05, 0) is 31.5 Å². The summed E-state index contributed by atoms with van der Waals surface area (Å²) in [5, 5.41) is 3.34. The van der Waals surface area contributed by atoms with Gasteiger partial charge in [0.05, 0.1) is 13.7 Å². The lowest BCUT2D eigenvalue weighted by Crippen LogP contribution is -2.30. The highest BCUT2D eigenvalue weighted by Gasteiger charge is 2.07. The van der Waals surface area contributed by atoms with Crippen molar-refractivity contribution in [1.82, 2.24) is 5.32 Å². The number of rotatable bonds is 8. The van der Waals surface area contributed by atoms with Gasteiger partial charge in [0.2, 0.25) is 0 Å². The minimum atomic E-state index is -0.773. The van der Waals surface area contributed by atoms with Crippen molar-refractivity contribution >= 4 is 10.8 Å². The molecule has 0 bridgehead atoms. The first-order valence-electron chi connectivity index (χ1n) is 6.40. The number of benzene rings is 1. The van der Waals surface area contributed by atoms with Gasteiger partial charge in [-0.2, -0.15) is 0 Å². The molecule has 1 aromatic carbocycles. The minimum Gasteiger partial charge on any atom is -0.493 e. The van der Waals surface area contributed by atoms with Crippen LogP contribution in [0.25, 0.3) is 0 Å². The SMILES string of the molecule is CCOc1ccc(CNC(C)CS(C)=O)cc1OC. The summed E-state index contributed by atoms with van der Waals surface area (Å²) >= 11 is 0. The summed E-state index contributed by atoms with van der Waals surface area (Å²) in [6, 6.07) is 6.12. The van der Waals surface area contributed by atoms with Crippen LogP contribution >= 0.6 is 0 Å². The number of nitrogens with one attached hydrogen (secondary N) is 1. The van der Waals surface area contributed by atoms with Crippen LogP contribution in [0.2, 0.25) is 0 Å². The van der Waals surface area contributed by atoms with Gasteiger partial charge in [-0.1, -0.05) is 6.07 Å². The van der Waals surface area contributed by atoms with Crippen molar-refractivity contribution in [3.8, 4) is 11.5 Å². The minimum absolute atomic E-state index is 0.225. The van der Waals surface area contributed by atoms with E-state index in [0.29, 0.717) is 12.4 Å². The molecule has 0 spiro atoms. The van der Waals surface area contributed by atoms with Crippen molar-refractivity contribution in [2.24, 2.45) is 0 Å². The second-order valence-corrected chi connectivity index (χ2v) is 5.92. The number of methoxy groups -OCH3 is 1. The molecule has 0 aliphatic heterocycles. The van der Waals surface area contributed by atoms with Crippen LogP contribution < -0.4 is 14.8 Å². The van der Waals surface area contributed by atoms with Crippen LogP contribution in [0.3, 0.4) is 0 Å². The molecular formula is C14H23NO3S. The maximum Gasteiger partial charge on any atom is 0.161 e. The van der Waals surface area contributed by atoms with Gasteiger partial charge >= 0.3 is 0 Å². The van der Waals surface area contributed by atoms with Gasteiger partial charge in [0.15, 0.2) is 11.5 Å². The fourth-order valence-electron chi connectivity index (χ4n) is 1.80. The van der Waals surface area contributed by atoms with Crippen molar-refractivity contribution in [3.05, 3.63) is 23.8 Å². The quantitative estimate of drug-likeness (QED) is 0.793. The summed E-state index contributed by atoms with van der Waals surface area (Å²) in [5.74, 6) is 2.16. The highest BCUT2D eigenvalue weighted by molar-refractivity contribution is 7.84. The molecular weight excluding hydrogens is 262 g/mol. The molecule has 1 rings (SSSR count). The molecule has 1 N–H and O–H groups in total. The van der Waals surface area contributed by atoms with E-state index < -0.39 is 10.8 Å². The molecule has 0 aromatic heterocycles. The Morgan fingerprint density at radius 2 is 2.11 bits per heavy atom. The standard InChI is InChI=1S/C14H23NO3S/c1-5-18-13-7-6-12(8-14(13)17-3)9-15-11(2)10-19(4)16/h6-8,11,15H,5,9-10H2,1-4H3. The molecule has 4 nitrogen and oxygen atoms in total. The van der Waals surface area contributed by atoms with E-state index in [-0.39, 0.29) is 6.04 Å². The van der Waals surface area contributed by atoms with Gasteiger partial charge in [-0.3, -0.25) is 4.21 Å². The average molecular weight is 285 g/mol. The van der Waals surface area contributed by atoms with Crippen molar-refractivity contribution in [2.45, 2.75) is 26.4 Å². The predicted molar refractivity (Wildman–Crippen MR) is 79.4 cm³/mol. The lowest BCUT2D eigenvalue weighted by molar-refractivity contribution is 0.310. The first-order chi connectivity index (χ1) is 9.06. The van der Waals surface area contributed by atoms with Crippen LogP contribution in [-0.4, -0.2) is 36.0 Å². The second kappa shape index (κ2) is 8.17. The Morgan fingerprint density at radius 1 is 1.37 bits per heavy atom. The van der Waals surface area contributed by atoms with Crippen LogP contribution in [0.4, 0.5) is 0 Å². The summed E-state index contributed by atoms with van der Waals surface area (Å²) < 4.78 is 21.9. The molecule has 19 heavy (non-hydrogen) atoms. The average Bonchev–Trinajstić information content (AvgIpc) is 2.37. The van der Waals surface area contributed by atoms with E-state index in [4.69, 9.17) is 9.47 Å². The van der Waals surface area contributed by atoms with Crippen LogP contribution in [0.1, 0.15) is 19.4 Å². The number of ether oxygens (including phenoxy) is 2. The second-order valence-electron chi connectivity index (χ2n) is 4.44. The third kappa shape index (κ3) is 5.61. The molecule has 2 unspecified atom stereocenters. The Balaban J connectivity index is 2.61. The van der Waals surface area contributed by atoms with Crippen molar-refractivity contribution in [3.63, 3.8) is 0 Å². The van der Waals surface area contributed by atoms with E-state index in [2.05, 4.69) is 5.32 Å². The summed E-state index contributed by atoms with van der Waals surface area (Å²) in [5.41, 5.74) is 1.12. The maximum absolute atomic E-state index is 11.1. The molecule has 0 aliphatic carbocycles. The lowest BCUT2D eigenvalue weighted by Gasteiger charge is -2.14. The third-order valence-corrected chi connectivity index (χ3v) is 3.64. The highest BCUT2D eigenvalue weighted by atomic mass is 32.2. The molecule has 0 fully saturated rings. The van der Waals surface area contributed by atoms with Crippen molar-refractivity contribution in [2.75, 3.05) is 25.7 Å². The summed E-state index contributed by atoms with van der Waals surface area (Å²) in [4.78, 5) is 0. The van der Waals surface area contributed by atoms with Crippen LogP contribution in [0.5, 0.6) is 11.5 Å². The lowest BCUT2D eigenvalue weighted by atomic mass is 10.2. The maximum atomic E-state index is 11.1. The molecule has 0 radical (unpaired) electrons. The first-order valence-corrected chi connectivity index (χ1v) is 8.12. The molecule has 0 heterocycles. The van der Waals surface area contributed by atoms with Crippen molar-refractivity contribution < 1.29 is 13.7 Å².